The van der Waals surface area contributed by atoms with Crippen LogP contribution in [0.4, 0.5) is 10.1 Å². The predicted octanol–water partition coefficient (Wildman–Crippen LogP) is 2.77. The standard InChI is InChI=1S/C23H22FN3O5/c24-17-10-15-18(27(14-3-4-14)12-16(22(15)29)23(30)31)11-19(17)26-7-5-25(6-8-26)13-20(28)21-2-1-9-32-21/h1-2,9-12,14H,3-8,13H2,(H,30,31). The summed E-state index contributed by atoms with van der Waals surface area (Å²) >= 11 is 0. The summed E-state index contributed by atoms with van der Waals surface area (Å²) in [6.07, 6.45) is 4.64. The van der Waals surface area contributed by atoms with Crippen LogP contribution in [0.15, 0.2) is 45.9 Å². The van der Waals surface area contributed by atoms with E-state index in [9.17, 15) is 19.5 Å². The van der Waals surface area contributed by atoms with Gasteiger partial charge in [0, 0.05) is 43.8 Å². The highest BCUT2D eigenvalue weighted by Gasteiger charge is 2.29. The maximum atomic E-state index is 15.0. The summed E-state index contributed by atoms with van der Waals surface area (Å²) in [5.41, 5.74) is -0.0804. The number of hydrogen-bond acceptors (Lipinski definition) is 6. The number of carbonyl (C=O) groups excluding carboxylic acids is 1. The van der Waals surface area contributed by atoms with Gasteiger partial charge in [-0.3, -0.25) is 14.5 Å². The van der Waals surface area contributed by atoms with Crippen molar-refractivity contribution in [3.05, 3.63) is 64.1 Å². The SMILES string of the molecule is O=C(CN1CCN(c2cc3c(cc2F)c(=O)c(C(=O)O)cn3C2CC2)CC1)c1ccco1. The van der Waals surface area contributed by atoms with Gasteiger partial charge in [-0.15, -0.1) is 0 Å². The normalized spacial score (nSPS) is 17.1. The number of benzene rings is 1. The Kier molecular flexibility index (Phi) is 5.05. The lowest BCUT2D eigenvalue weighted by atomic mass is 10.1. The number of aromatic nitrogens is 1. The molecule has 1 saturated heterocycles. The molecule has 1 saturated carbocycles. The van der Waals surface area contributed by atoms with Crippen molar-refractivity contribution >= 4 is 28.3 Å². The Labute approximate surface area is 182 Å². The molecule has 1 aliphatic heterocycles. The molecule has 1 aliphatic carbocycles. The van der Waals surface area contributed by atoms with Crippen LogP contribution in [0.25, 0.3) is 10.9 Å². The van der Waals surface area contributed by atoms with Crippen LogP contribution in [0.2, 0.25) is 0 Å². The van der Waals surface area contributed by atoms with Crippen LogP contribution in [0.1, 0.15) is 39.8 Å². The molecule has 3 heterocycles. The topological polar surface area (TPSA) is 96.0 Å². The number of rotatable bonds is 6. The Hall–Kier alpha value is -3.46. The van der Waals surface area contributed by atoms with Crippen LogP contribution in [0, 0.1) is 5.82 Å². The lowest BCUT2D eigenvalue weighted by molar-refractivity contribution is 0.0694. The van der Waals surface area contributed by atoms with Gasteiger partial charge in [0.1, 0.15) is 11.4 Å². The van der Waals surface area contributed by atoms with Gasteiger partial charge in [0.2, 0.25) is 11.2 Å². The third-order valence-electron chi connectivity index (χ3n) is 6.15. The second kappa shape index (κ2) is 7.90. The number of Topliss-reactive ketones (excluding diaryl/α,β-unsaturated/α-hetero) is 1. The average molecular weight is 439 g/mol. The van der Waals surface area contributed by atoms with E-state index < -0.39 is 17.2 Å². The lowest BCUT2D eigenvalue weighted by Crippen LogP contribution is -2.48. The Morgan fingerprint density at radius 3 is 2.53 bits per heavy atom. The number of pyridine rings is 1. The zero-order chi connectivity index (χ0) is 22.4. The fraction of sp³-hybridized carbons (Fsp3) is 0.348. The van der Waals surface area contributed by atoms with Crippen LogP contribution in [-0.2, 0) is 0 Å². The highest BCUT2D eigenvalue weighted by molar-refractivity contribution is 5.95. The predicted molar refractivity (Wildman–Crippen MR) is 115 cm³/mol. The highest BCUT2D eigenvalue weighted by Crippen LogP contribution is 2.38. The van der Waals surface area contributed by atoms with Gasteiger partial charge in [0.25, 0.3) is 0 Å². The number of nitrogens with zero attached hydrogens (tertiary/aromatic N) is 3. The summed E-state index contributed by atoms with van der Waals surface area (Å²) in [6, 6.07) is 6.25. The Bertz CT molecular complexity index is 1250. The van der Waals surface area contributed by atoms with E-state index in [4.69, 9.17) is 4.42 Å². The fourth-order valence-electron chi connectivity index (χ4n) is 4.27. The lowest BCUT2D eigenvalue weighted by Gasteiger charge is -2.36. The van der Waals surface area contributed by atoms with Crippen molar-refractivity contribution in [3.8, 4) is 0 Å². The van der Waals surface area contributed by atoms with Gasteiger partial charge >= 0.3 is 5.97 Å². The molecule has 3 aromatic rings. The maximum absolute atomic E-state index is 15.0. The molecule has 1 aromatic carbocycles. The van der Waals surface area contributed by atoms with Gasteiger partial charge in [-0.1, -0.05) is 0 Å². The molecule has 0 unspecified atom stereocenters. The van der Waals surface area contributed by atoms with Crippen LogP contribution >= 0.6 is 0 Å². The summed E-state index contributed by atoms with van der Waals surface area (Å²) in [6.45, 7) is 2.44. The van der Waals surface area contributed by atoms with Crippen molar-refractivity contribution in [3.63, 3.8) is 0 Å². The van der Waals surface area contributed by atoms with E-state index >= 15 is 4.39 Å². The summed E-state index contributed by atoms with van der Waals surface area (Å²) in [7, 11) is 0. The number of carbonyl (C=O) groups is 2. The second-order valence-corrected chi connectivity index (χ2v) is 8.30. The van der Waals surface area contributed by atoms with E-state index in [2.05, 4.69) is 0 Å². The van der Waals surface area contributed by atoms with Crippen molar-refractivity contribution in [2.75, 3.05) is 37.6 Å². The molecule has 0 radical (unpaired) electrons. The largest absolute Gasteiger partial charge is 0.477 e. The zero-order valence-corrected chi connectivity index (χ0v) is 17.3. The van der Waals surface area contributed by atoms with Crippen molar-refractivity contribution < 1.29 is 23.5 Å². The van der Waals surface area contributed by atoms with Crippen molar-refractivity contribution in [2.45, 2.75) is 18.9 Å². The molecule has 0 spiro atoms. The smallest absolute Gasteiger partial charge is 0.341 e. The third-order valence-corrected chi connectivity index (χ3v) is 6.15. The summed E-state index contributed by atoms with van der Waals surface area (Å²) < 4.78 is 22.0. The molecule has 32 heavy (non-hydrogen) atoms. The molecular formula is C23H22FN3O5. The summed E-state index contributed by atoms with van der Waals surface area (Å²) in [5.74, 6) is -1.63. The highest BCUT2D eigenvalue weighted by atomic mass is 19.1. The molecule has 2 fully saturated rings. The number of ketones is 1. The first-order chi connectivity index (χ1) is 15.4. The van der Waals surface area contributed by atoms with E-state index in [-0.39, 0.29) is 29.3 Å². The number of carboxylic acid groups (broad SMARTS) is 1. The van der Waals surface area contributed by atoms with E-state index in [0.29, 0.717) is 43.1 Å². The minimum Gasteiger partial charge on any atom is -0.477 e. The molecule has 1 N–H and O–H groups in total. The number of hydrogen-bond donors (Lipinski definition) is 1. The van der Waals surface area contributed by atoms with Crippen LogP contribution in [0.3, 0.4) is 0 Å². The van der Waals surface area contributed by atoms with Gasteiger partial charge in [0.15, 0.2) is 5.76 Å². The monoisotopic (exact) mass is 439 g/mol. The van der Waals surface area contributed by atoms with E-state index in [1.165, 1.54) is 12.5 Å². The molecular weight excluding hydrogens is 417 g/mol. The number of fused-ring (bicyclic) bond motifs is 1. The summed E-state index contributed by atoms with van der Waals surface area (Å²) in [5, 5.41) is 9.46. The number of piperazine rings is 1. The molecule has 8 nitrogen and oxygen atoms in total. The van der Waals surface area contributed by atoms with Crippen LogP contribution < -0.4 is 10.3 Å². The number of furan rings is 1. The van der Waals surface area contributed by atoms with Crippen LogP contribution in [-0.4, -0.2) is 59.0 Å². The Morgan fingerprint density at radius 2 is 1.91 bits per heavy atom. The first kappa shape index (κ1) is 20.4. The molecule has 0 amide bonds. The summed E-state index contributed by atoms with van der Waals surface area (Å²) in [4.78, 5) is 40.3. The number of carboxylic acids is 1. The molecule has 2 aromatic heterocycles. The van der Waals surface area contributed by atoms with Crippen molar-refractivity contribution in [1.82, 2.24) is 9.47 Å². The zero-order valence-electron chi connectivity index (χ0n) is 17.3. The average Bonchev–Trinajstić information content (AvgIpc) is 3.46. The van der Waals surface area contributed by atoms with Crippen molar-refractivity contribution in [1.29, 1.82) is 0 Å². The molecule has 0 bridgehead atoms. The molecule has 5 rings (SSSR count). The first-order valence-corrected chi connectivity index (χ1v) is 10.6. The maximum Gasteiger partial charge on any atom is 0.341 e. The number of aromatic carboxylic acids is 1. The Morgan fingerprint density at radius 1 is 1.16 bits per heavy atom. The molecule has 2 aliphatic rings. The second-order valence-electron chi connectivity index (χ2n) is 8.30. The molecule has 0 atom stereocenters. The molecule has 166 valence electrons. The minimum atomic E-state index is -1.31. The van der Waals surface area contributed by atoms with Gasteiger partial charge in [0.05, 0.1) is 24.0 Å². The van der Waals surface area contributed by atoms with E-state index in [0.717, 1.165) is 18.9 Å². The van der Waals surface area contributed by atoms with E-state index in [1.807, 2.05) is 9.80 Å². The fourth-order valence-corrected chi connectivity index (χ4v) is 4.27. The number of halogens is 1. The Balaban J connectivity index is 1.40. The first-order valence-electron chi connectivity index (χ1n) is 10.6. The van der Waals surface area contributed by atoms with E-state index in [1.54, 1.807) is 22.8 Å². The number of anilines is 1. The van der Waals surface area contributed by atoms with Gasteiger partial charge < -0.3 is 19.0 Å². The quantitative estimate of drug-likeness (QED) is 0.590. The van der Waals surface area contributed by atoms with Gasteiger partial charge in [-0.05, 0) is 37.1 Å². The third kappa shape index (κ3) is 3.69. The molecule has 9 heteroatoms. The van der Waals surface area contributed by atoms with Gasteiger partial charge in [-0.25, -0.2) is 9.18 Å². The van der Waals surface area contributed by atoms with Crippen molar-refractivity contribution in [2.24, 2.45) is 0 Å². The van der Waals surface area contributed by atoms with Crippen LogP contribution in [0.5, 0.6) is 0 Å². The van der Waals surface area contributed by atoms with Gasteiger partial charge in [-0.2, -0.15) is 0 Å². The minimum absolute atomic E-state index is 0.0840.